The Balaban J connectivity index is 1.37. The molecule has 1 saturated heterocycles. The van der Waals surface area contributed by atoms with Crippen LogP contribution in [-0.2, 0) is 0 Å². The fourth-order valence-electron chi connectivity index (χ4n) is 4.58. The molecule has 1 aliphatic heterocycles. The summed E-state index contributed by atoms with van der Waals surface area (Å²) in [5.74, 6) is 0. The van der Waals surface area contributed by atoms with Crippen LogP contribution in [0.25, 0.3) is 31.6 Å². The second-order valence-corrected chi connectivity index (χ2v) is 11.4. The van der Waals surface area contributed by atoms with Crippen molar-refractivity contribution in [2.45, 2.75) is 57.7 Å². The number of thiazole rings is 2. The second kappa shape index (κ2) is 7.32. The van der Waals surface area contributed by atoms with Gasteiger partial charge in [0.25, 0.3) is 0 Å². The van der Waals surface area contributed by atoms with Crippen molar-refractivity contribution in [3.05, 3.63) is 24.5 Å². The van der Waals surface area contributed by atoms with Crippen LogP contribution in [0.15, 0.2) is 24.5 Å². The van der Waals surface area contributed by atoms with Gasteiger partial charge in [0, 0.05) is 35.9 Å². The molecule has 31 heavy (non-hydrogen) atoms. The van der Waals surface area contributed by atoms with Crippen molar-refractivity contribution in [1.29, 1.82) is 0 Å². The summed E-state index contributed by atoms with van der Waals surface area (Å²) >= 11 is 3.22. The minimum absolute atomic E-state index is 0.0992. The first-order chi connectivity index (χ1) is 14.7. The van der Waals surface area contributed by atoms with Crippen molar-refractivity contribution >= 4 is 37.5 Å². The third-order valence-corrected chi connectivity index (χ3v) is 7.80. The average molecular weight is 455 g/mol. The number of aromatic amines is 1. The third kappa shape index (κ3) is 4.07. The molecule has 2 N–H and O–H groups in total. The highest BCUT2D eigenvalue weighted by Gasteiger charge is 2.39. The zero-order valence-corrected chi connectivity index (χ0v) is 19.9. The van der Waals surface area contributed by atoms with Gasteiger partial charge >= 0.3 is 0 Å². The lowest BCUT2D eigenvalue weighted by molar-refractivity contribution is 0.161. The number of H-pyrrole nitrogens is 1. The van der Waals surface area contributed by atoms with Crippen LogP contribution in [0.1, 0.15) is 40.5 Å². The number of hydrogen-bond acceptors (Lipinski definition) is 9. The van der Waals surface area contributed by atoms with E-state index in [2.05, 4.69) is 65.4 Å². The maximum atomic E-state index is 4.91. The third-order valence-electron chi connectivity index (χ3n) is 5.66. The molecule has 4 aromatic rings. The van der Waals surface area contributed by atoms with E-state index in [0.717, 1.165) is 49.6 Å². The molecule has 1 fully saturated rings. The molecule has 0 aliphatic carbocycles. The van der Waals surface area contributed by atoms with E-state index < -0.39 is 0 Å². The Kier molecular flexibility index (Phi) is 4.83. The first-order valence-corrected chi connectivity index (χ1v) is 12.0. The van der Waals surface area contributed by atoms with Crippen LogP contribution in [0.3, 0.4) is 0 Å². The minimum Gasteiger partial charge on any atom is -0.348 e. The van der Waals surface area contributed by atoms with Gasteiger partial charge in [-0.3, -0.25) is 5.10 Å². The van der Waals surface area contributed by atoms with Crippen molar-refractivity contribution < 1.29 is 0 Å². The van der Waals surface area contributed by atoms with Crippen molar-refractivity contribution in [3.8, 4) is 22.0 Å². The highest BCUT2D eigenvalue weighted by molar-refractivity contribution is 7.29. The van der Waals surface area contributed by atoms with E-state index >= 15 is 0 Å². The van der Waals surface area contributed by atoms with Gasteiger partial charge in [0.1, 0.15) is 10.7 Å². The normalized spacial score (nSPS) is 18.5. The zero-order valence-electron chi connectivity index (χ0n) is 18.3. The monoisotopic (exact) mass is 454 g/mol. The van der Waals surface area contributed by atoms with Gasteiger partial charge in [-0.2, -0.15) is 5.10 Å². The van der Waals surface area contributed by atoms with E-state index in [-0.39, 0.29) is 11.1 Å². The molecule has 0 radical (unpaired) electrons. The Hall–Kier alpha value is -2.43. The SMILES string of the molecule is CN(c1nc2sc(-c3ccc(-c4cn[nH]c4)nn3)nc2s1)C1CC(C)(C)NC(C)(C)C1. The van der Waals surface area contributed by atoms with Crippen LogP contribution in [0.5, 0.6) is 0 Å². The zero-order chi connectivity index (χ0) is 21.8. The van der Waals surface area contributed by atoms with Crippen LogP contribution in [0.4, 0.5) is 5.13 Å². The Bertz CT molecular complexity index is 1140. The summed E-state index contributed by atoms with van der Waals surface area (Å²) in [7, 11) is 2.16. The van der Waals surface area contributed by atoms with Crippen molar-refractivity contribution in [2.75, 3.05) is 11.9 Å². The lowest BCUT2D eigenvalue weighted by Gasteiger charge is -2.48. The Morgan fingerprint density at radius 2 is 1.65 bits per heavy atom. The van der Waals surface area contributed by atoms with Gasteiger partial charge in [-0.05, 0) is 52.7 Å². The number of anilines is 1. The number of hydrogen-bond donors (Lipinski definition) is 2. The minimum atomic E-state index is 0.0992. The fraction of sp³-hybridized carbons (Fsp3) is 0.476. The van der Waals surface area contributed by atoms with E-state index in [9.17, 15) is 0 Å². The van der Waals surface area contributed by atoms with E-state index in [1.165, 1.54) is 0 Å². The molecule has 0 amide bonds. The molecular weight excluding hydrogens is 428 g/mol. The highest BCUT2D eigenvalue weighted by Crippen LogP contribution is 2.38. The standard InChI is InChI=1S/C21H26N8S2/c1-20(2)8-13(9-21(3,4)28-20)29(5)19-25-18-17(31-19)24-16(30-18)15-7-6-14(26-27-15)12-10-22-23-11-12/h6-7,10-11,13,28H,8-9H2,1-5H3,(H,22,23). The van der Waals surface area contributed by atoms with Gasteiger partial charge in [0.2, 0.25) is 0 Å². The molecule has 4 aromatic heterocycles. The first kappa shape index (κ1) is 20.5. The van der Waals surface area contributed by atoms with E-state index in [4.69, 9.17) is 9.97 Å². The summed E-state index contributed by atoms with van der Waals surface area (Å²) < 4.78 is 0. The summed E-state index contributed by atoms with van der Waals surface area (Å²) in [5, 5.41) is 21.0. The van der Waals surface area contributed by atoms with Crippen LogP contribution in [0.2, 0.25) is 0 Å². The Morgan fingerprint density at radius 1 is 0.968 bits per heavy atom. The van der Waals surface area contributed by atoms with Crippen LogP contribution < -0.4 is 10.2 Å². The van der Waals surface area contributed by atoms with Crippen molar-refractivity contribution in [3.63, 3.8) is 0 Å². The predicted molar refractivity (Wildman–Crippen MR) is 127 cm³/mol. The van der Waals surface area contributed by atoms with E-state index in [0.29, 0.717) is 6.04 Å². The van der Waals surface area contributed by atoms with Gasteiger partial charge in [-0.1, -0.05) is 22.7 Å². The smallest absolute Gasteiger partial charge is 0.188 e. The molecule has 10 heteroatoms. The van der Waals surface area contributed by atoms with Gasteiger partial charge in [0.15, 0.2) is 14.8 Å². The highest BCUT2D eigenvalue weighted by atomic mass is 32.1. The van der Waals surface area contributed by atoms with Gasteiger partial charge in [0.05, 0.1) is 11.9 Å². The summed E-state index contributed by atoms with van der Waals surface area (Å²) in [5.41, 5.74) is 2.66. The fourth-order valence-corrected chi connectivity index (χ4v) is 6.62. The lowest BCUT2D eigenvalue weighted by Crippen LogP contribution is -2.61. The first-order valence-electron chi connectivity index (χ1n) is 10.3. The van der Waals surface area contributed by atoms with Crippen LogP contribution >= 0.6 is 22.7 Å². The summed E-state index contributed by atoms with van der Waals surface area (Å²) in [6.45, 7) is 9.12. The van der Waals surface area contributed by atoms with Crippen molar-refractivity contribution in [2.24, 2.45) is 0 Å². The number of nitrogens with zero attached hydrogens (tertiary/aromatic N) is 6. The summed E-state index contributed by atoms with van der Waals surface area (Å²) in [6.07, 6.45) is 5.69. The Morgan fingerprint density at radius 3 is 2.26 bits per heavy atom. The van der Waals surface area contributed by atoms with Gasteiger partial charge < -0.3 is 10.2 Å². The molecule has 5 rings (SSSR count). The molecule has 162 valence electrons. The molecule has 0 aromatic carbocycles. The lowest BCUT2D eigenvalue weighted by atomic mass is 9.79. The molecule has 8 nitrogen and oxygen atoms in total. The molecule has 0 unspecified atom stereocenters. The summed E-state index contributed by atoms with van der Waals surface area (Å²) in [4.78, 5) is 13.9. The maximum Gasteiger partial charge on any atom is 0.188 e. The number of fused-ring (bicyclic) bond motifs is 1. The molecule has 1 aliphatic rings. The van der Waals surface area contributed by atoms with Gasteiger partial charge in [-0.15, -0.1) is 10.2 Å². The second-order valence-electron chi connectivity index (χ2n) is 9.48. The van der Waals surface area contributed by atoms with E-state index in [1.54, 1.807) is 35.1 Å². The van der Waals surface area contributed by atoms with Crippen LogP contribution in [0, 0.1) is 0 Å². The largest absolute Gasteiger partial charge is 0.348 e. The average Bonchev–Trinajstić information content (AvgIpc) is 3.41. The predicted octanol–water partition coefficient (Wildman–Crippen LogP) is 4.35. The van der Waals surface area contributed by atoms with Gasteiger partial charge in [-0.25, -0.2) is 9.97 Å². The molecule has 0 atom stereocenters. The number of rotatable bonds is 4. The number of piperidine rings is 1. The molecule has 0 bridgehead atoms. The van der Waals surface area contributed by atoms with Crippen molar-refractivity contribution in [1.82, 2.24) is 35.7 Å². The maximum absolute atomic E-state index is 4.91. The summed E-state index contributed by atoms with van der Waals surface area (Å²) in [6, 6.07) is 4.33. The van der Waals surface area contributed by atoms with E-state index in [1.807, 2.05) is 12.1 Å². The molecule has 5 heterocycles. The molecule has 0 saturated carbocycles. The molecule has 0 spiro atoms. The molecular formula is C21H26N8S2. The Labute approximate surface area is 189 Å². The number of aromatic nitrogens is 6. The quantitative estimate of drug-likeness (QED) is 0.473. The van der Waals surface area contributed by atoms with Crippen LogP contribution in [-0.4, -0.2) is 54.5 Å². The topological polar surface area (TPSA) is 95.5 Å². The number of nitrogens with one attached hydrogen (secondary N) is 2.